The molecule has 1 aliphatic rings. The quantitative estimate of drug-likeness (QED) is 0.658. The van der Waals surface area contributed by atoms with Gasteiger partial charge >= 0.3 is 11.7 Å². The van der Waals surface area contributed by atoms with E-state index in [1.165, 1.54) is 4.90 Å². The first kappa shape index (κ1) is 14.0. The van der Waals surface area contributed by atoms with Crippen molar-refractivity contribution in [3.63, 3.8) is 0 Å². The van der Waals surface area contributed by atoms with Crippen LogP contribution in [0, 0.1) is 0 Å². The number of amides is 1. The van der Waals surface area contributed by atoms with Crippen LogP contribution >= 0.6 is 0 Å². The summed E-state index contributed by atoms with van der Waals surface area (Å²) < 4.78 is 0. The van der Waals surface area contributed by atoms with Gasteiger partial charge in [0.25, 0.3) is 5.56 Å². The zero-order chi connectivity index (χ0) is 14.7. The van der Waals surface area contributed by atoms with E-state index in [4.69, 9.17) is 5.11 Å². The number of rotatable bonds is 4. The average molecular weight is 281 g/mol. The van der Waals surface area contributed by atoms with Gasteiger partial charge in [0.2, 0.25) is 5.91 Å². The van der Waals surface area contributed by atoms with Gasteiger partial charge in [-0.2, -0.15) is 0 Å². The Labute approximate surface area is 113 Å². The van der Waals surface area contributed by atoms with Gasteiger partial charge in [-0.15, -0.1) is 0 Å². The number of carboxylic acid groups (broad SMARTS) is 1. The Morgan fingerprint density at radius 2 is 2.10 bits per heavy atom. The molecule has 0 bridgehead atoms. The van der Waals surface area contributed by atoms with E-state index in [-0.39, 0.29) is 30.5 Å². The number of hydrogen-bond donors (Lipinski definition) is 3. The highest BCUT2D eigenvalue weighted by Crippen LogP contribution is 2.20. The van der Waals surface area contributed by atoms with Gasteiger partial charge < -0.3 is 15.0 Å². The van der Waals surface area contributed by atoms with E-state index in [0.29, 0.717) is 13.0 Å². The average Bonchev–Trinajstić information content (AvgIpc) is 2.74. The summed E-state index contributed by atoms with van der Waals surface area (Å²) >= 11 is 0. The summed E-state index contributed by atoms with van der Waals surface area (Å²) in [7, 11) is 0. The van der Waals surface area contributed by atoms with Crippen LogP contribution in [0.25, 0.3) is 0 Å². The molecule has 8 nitrogen and oxygen atoms in total. The summed E-state index contributed by atoms with van der Waals surface area (Å²) in [6.45, 7) is 0.504. The highest BCUT2D eigenvalue weighted by molar-refractivity contribution is 5.79. The van der Waals surface area contributed by atoms with Crippen LogP contribution in [0.2, 0.25) is 0 Å². The lowest BCUT2D eigenvalue weighted by Gasteiger charge is -2.23. The van der Waals surface area contributed by atoms with Gasteiger partial charge in [-0.3, -0.25) is 19.4 Å². The van der Waals surface area contributed by atoms with Gasteiger partial charge in [0.1, 0.15) is 0 Å². The van der Waals surface area contributed by atoms with E-state index in [9.17, 15) is 19.2 Å². The van der Waals surface area contributed by atoms with Crippen molar-refractivity contribution in [3.05, 3.63) is 32.6 Å². The third-order valence-corrected chi connectivity index (χ3v) is 3.27. The van der Waals surface area contributed by atoms with Crippen molar-refractivity contribution in [2.24, 2.45) is 0 Å². The lowest BCUT2D eigenvalue weighted by atomic mass is 10.1. The van der Waals surface area contributed by atoms with Crippen molar-refractivity contribution in [3.8, 4) is 0 Å². The number of likely N-dealkylation sites (tertiary alicyclic amines) is 1. The van der Waals surface area contributed by atoms with Gasteiger partial charge in [-0.1, -0.05) is 0 Å². The maximum atomic E-state index is 12.1. The van der Waals surface area contributed by atoms with E-state index >= 15 is 0 Å². The second kappa shape index (κ2) is 5.72. The molecule has 1 fully saturated rings. The van der Waals surface area contributed by atoms with Crippen LogP contribution in [0.4, 0.5) is 0 Å². The molecule has 0 radical (unpaired) electrons. The molecule has 0 saturated carbocycles. The second-order valence-electron chi connectivity index (χ2n) is 4.77. The van der Waals surface area contributed by atoms with Crippen molar-refractivity contribution < 1.29 is 14.7 Å². The molecule has 1 aromatic heterocycles. The van der Waals surface area contributed by atoms with Crippen LogP contribution in [-0.2, 0) is 16.0 Å². The first-order valence-electron chi connectivity index (χ1n) is 6.29. The molecule has 8 heteroatoms. The molecule has 0 aromatic carbocycles. The van der Waals surface area contributed by atoms with E-state index in [2.05, 4.69) is 4.98 Å². The van der Waals surface area contributed by atoms with Crippen molar-refractivity contribution in [2.75, 3.05) is 6.54 Å². The van der Waals surface area contributed by atoms with Crippen LogP contribution in [0.15, 0.2) is 15.7 Å². The molecule has 1 atom stereocenters. The van der Waals surface area contributed by atoms with Crippen LogP contribution in [-0.4, -0.2) is 44.4 Å². The fraction of sp³-hybridized carbons (Fsp3) is 0.500. The first-order chi connectivity index (χ1) is 9.45. The summed E-state index contributed by atoms with van der Waals surface area (Å²) in [5, 5.41) is 8.81. The molecule has 3 N–H and O–H groups in total. The molecule has 1 saturated heterocycles. The van der Waals surface area contributed by atoms with Gasteiger partial charge in [0.15, 0.2) is 0 Å². The number of aromatic amines is 2. The SMILES string of the molecule is O=C(O)CC1CCCN1C(=O)Cc1cc(=O)[nH]c(=O)[nH]1. The summed E-state index contributed by atoms with van der Waals surface area (Å²) in [5.74, 6) is -1.23. The number of carboxylic acids is 1. The number of carbonyl (C=O) groups is 2. The largest absolute Gasteiger partial charge is 0.481 e. The third-order valence-electron chi connectivity index (χ3n) is 3.27. The highest BCUT2D eigenvalue weighted by atomic mass is 16.4. The molecule has 1 amide bonds. The van der Waals surface area contributed by atoms with Crippen molar-refractivity contribution in [2.45, 2.75) is 31.7 Å². The van der Waals surface area contributed by atoms with E-state index in [1.807, 2.05) is 4.98 Å². The van der Waals surface area contributed by atoms with E-state index in [0.717, 1.165) is 12.5 Å². The molecule has 2 rings (SSSR count). The Balaban J connectivity index is 2.09. The molecule has 0 spiro atoms. The predicted molar refractivity (Wildman–Crippen MR) is 68.4 cm³/mol. The number of aliphatic carboxylic acids is 1. The summed E-state index contributed by atoms with van der Waals surface area (Å²) in [5.41, 5.74) is -1.01. The minimum Gasteiger partial charge on any atom is -0.481 e. The fourth-order valence-electron chi connectivity index (χ4n) is 2.46. The van der Waals surface area contributed by atoms with Gasteiger partial charge in [-0.05, 0) is 12.8 Å². The zero-order valence-corrected chi connectivity index (χ0v) is 10.7. The minimum absolute atomic E-state index is 0.0857. The number of hydrogen-bond acceptors (Lipinski definition) is 4. The Morgan fingerprint density at radius 3 is 2.75 bits per heavy atom. The van der Waals surface area contributed by atoms with Crippen LogP contribution in [0.3, 0.4) is 0 Å². The molecule has 2 heterocycles. The number of aromatic nitrogens is 2. The second-order valence-corrected chi connectivity index (χ2v) is 4.77. The monoisotopic (exact) mass is 281 g/mol. The molecule has 1 aromatic rings. The number of nitrogens with zero attached hydrogens (tertiary/aromatic N) is 1. The molecular formula is C12H15N3O5. The lowest BCUT2D eigenvalue weighted by molar-refractivity contribution is -0.139. The third kappa shape index (κ3) is 3.34. The number of carbonyl (C=O) groups excluding carboxylic acids is 1. The molecule has 1 aliphatic heterocycles. The van der Waals surface area contributed by atoms with Crippen LogP contribution in [0.1, 0.15) is 25.0 Å². The first-order valence-corrected chi connectivity index (χ1v) is 6.29. The normalized spacial score (nSPS) is 18.2. The number of H-pyrrole nitrogens is 2. The summed E-state index contributed by atoms with van der Waals surface area (Å²) in [4.78, 5) is 51.0. The Hall–Kier alpha value is -2.38. The molecule has 0 aliphatic carbocycles. The van der Waals surface area contributed by atoms with E-state index in [1.54, 1.807) is 0 Å². The Morgan fingerprint density at radius 1 is 1.35 bits per heavy atom. The summed E-state index contributed by atoms with van der Waals surface area (Å²) in [6, 6.07) is 0.843. The number of nitrogens with one attached hydrogen (secondary N) is 2. The standard InChI is InChI=1S/C12H15N3O5/c16-9-4-7(13-12(20)14-9)5-10(17)15-3-1-2-8(15)6-11(18)19/h4,8H,1-3,5-6H2,(H,18,19)(H2,13,14,16,20). The van der Waals surface area contributed by atoms with Gasteiger partial charge in [0, 0.05) is 24.3 Å². The van der Waals surface area contributed by atoms with Gasteiger partial charge in [0.05, 0.1) is 12.8 Å². The molecule has 20 heavy (non-hydrogen) atoms. The fourth-order valence-corrected chi connectivity index (χ4v) is 2.46. The lowest BCUT2D eigenvalue weighted by Crippen LogP contribution is -2.38. The molecule has 1 unspecified atom stereocenters. The van der Waals surface area contributed by atoms with Crippen molar-refractivity contribution in [1.82, 2.24) is 14.9 Å². The van der Waals surface area contributed by atoms with Crippen molar-refractivity contribution >= 4 is 11.9 Å². The van der Waals surface area contributed by atoms with Crippen molar-refractivity contribution in [1.29, 1.82) is 0 Å². The smallest absolute Gasteiger partial charge is 0.325 e. The predicted octanol–water partition coefficient (Wildman–Crippen LogP) is -0.929. The Kier molecular flexibility index (Phi) is 4.02. The maximum absolute atomic E-state index is 12.1. The maximum Gasteiger partial charge on any atom is 0.325 e. The van der Waals surface area contributed by atoms with Gasteiger partial charge in [-0.25, -0.2) is 4.79 Å². The van der Waals surface area contributed by atoms with E-state index < -0.39 is 17.2 Å². The minimum atomic E-state index is -0.945. The highest BCUT2D eigenvalue weighted by Gasteiger charge is 2.30. The molecular weight excluding hydrogens is 266 g/mol. The molecule has 108 valence electrons. The summed E-state index contributed by atoms with van der Waals surface area (Å²) in [6.07, 6.45) is 1.21. The van der Waals surface area contributed by atoms with Crippen LogP contribution < -0.4 is 11.2 Å². The Bertz CT molecular complexity index is 604. The van der Waals surface area contributed by atoms with Crippen LogP contribution in [0.5, 0.6) is 0 Å². The topological polar surface area (TPSA) is 123 Å². The zero-order valence-electron chi connectivity index (χ0n) is 10.7.